The maximum Gasteiger partial charge on any atom is 0.193 e. The lowest BCUT2D eigenvalue weighted by Gasteiger charge is -2.40. The van der Waals surface area contributed by atoms with E-state index in [1.807, 2.05) is 0 Å². The Bertz CT molecular complexity index is 1590. The van der Waals surface area contributed by atoms with Gasteiger partial charge in [-0.05, 0) is 31.2 Å². The van der Waals surface area contributed by atoms with Crippen molar-refractivity contribution in [2.45, 2.75) is 38.0 Å². The summed E-state index contributed by atoms with van der Waals surface area (Å²) in [6.07, 6.45) is 5.16. The number of aliphatic hydroxyl groups excluding tert-OH is 1. The van der Waals surface area contributed by atoms with Crippen LogP contribution in [0.3, 0.4) is 0 Å². The van der Waals surface area contributed by atoms with Crippen molar-refractivity contribution >= 4 is 33.7 Å². The molecule has 0 saturated heterocycles. The molecule has 1 saturated carbocycles. The molecule has 0 spiro atoms. The van der Waals surface area contributed by atoms with E-state index in [4.69, 9.17) is 16.3 Å². The number of imidazole rings is 1. The Morgan fingerprint density at radius 3 is 2.77 bits per heavy atom. The number of fused-ring (bicyclic) bond motifs is 2. The molecule has 0 amide bonds. The Hall–Kier alpha value is -3.60. The summed E-state index contributed by atoms with van der Waals surface area (Å²) < 4.78 is 22.4. The molecule has 0 bridgehead atoms. The SMILES string of the molecule is Cc1nc2c(F)c(Oc3ccc4ncc(-c5cnn(CC6(O)CC(O)C6)c5)nc4c3Cl)ccc2[nH]1. The van der Waals surface area contributed by atoms with E-state index in [0.717, 1.165) is 0 Å². The molecule has 1 aliphatic carbocycles. The molecule has 35 heavy (non-hydrogen) atoms. The van der Waals surface area contributed by atoms with Crippen LogP contribution in [0.25, 0.3) is 33.3 Å². The Balaban J connectivity index is 1.31. The second kappa shape index (κ2) is 7.98. The zero-order valence-corrected chi connectivity index (χ0v) is 19.3. The highest BCUT2D eigenvalue weighted by Crippen LogP contribution is 2.37. The van der Waals surface area contributed by atoms with Crippen molar-refractivity contribution in [3.8, 4) is 22.8 Å². The van der Waals surface area contributed by atoms with E-state index >= 15 is 0 Å². The van der Waals surface area contributed by atoms with E-state index in [9.17, 15) is 14.6 Å². The van der Waals surface area contributed by atoms with E-state index in [1.165, 1.54) is 6.07 Å². The van der Waals surface area contributed by atoms with Crippen LogP contribution in [0.1, 0.15) is 18.7 Å². The smallest absolute Gasteiger partial charge is 0.193 e. The highest BCUT2D eigenvalue weighted by Gasteiger charge is 2.42. The van der Waals surface area contributed by atoms with Crippen molar-refractivity contribution in [3.63, 3.8) is 0 Å². The summed E-state index contributed by atoms with van der Waals surface area (Å²) in [7, 11) is 0. The summed E-state index contributed by atoms with van der Waals surface area (Å²) in [5.74, 6) is 0.244. The van der Waals surface area contributed by atoms with Crippen molar-refractivity contribution in [3.05, 3.63) is 59.5 Å². The maximum absolute atomic E-state index is 15.0. The number of aryl methyl sites for hydroxylation is 1. The first-order valence-electron chi connectivity index (χ1n) is 11.0. The molecule has 11 heteroatoms. The minimum absolute atomic E-state index is 0.00492. The number of nitrogens with one attached hydrogen (secondary N) is 1. The molecular weight excluding hydrogens is 475 g/mol. The lowest BCUT2D eigenvalue weighted by Crippen LogP contribution is -2.50. The van der Waals surface area contributed by atoms with Crippen molar-refractivity contribution in [1.29, 1.82) is 0 Å². The standard InChI is InChI=1S/C24H20ClFN6O3/c1-12-29-16-3-5-19(21(26)23(16)30-12)35-18-4-2-15-22(20(18)25)31-17(9-27-15)13-8-28-32(10-13)11-24(34)6-14(33)7-24/h2-5,8-10,14,33-34H,6-7,11H2,1H3,(H,29,30). The summed E-state index contributed by atoms with van der Waals surface area (Å²) >= 11 is 6.61. The lowest BCUT2D eigenvalue weighted by atomic mass is 9.77. The van der Waals surface area contributed by atoms with Crippen molar-refractivity contribution in [1.82, 2.24) is 29.7 Å². The molecular formula is C24H20ClFN6O3. The van der Waals surface area contributed by atoms with Gasteiger partial charge >= 0.3 is 0 Å². The molecule has 0 atom stereocenters. The second-order valence-corrected chi connectivity index (χ2v) is 9.29. The number of halogens is 2. The number of H-pyrrole nitrogens is 1. The van der Waals surface area contributed by atoms with Crippen LogP contribution in [0.2, 0.25) is 5.02 Å². The molecule has 2 aromatic carbocycles. The molecule has 0 aliphatic heterocycles. The van der Waals surface area contributed by atoms with Crippen LogP contribution in [0.15, 0.2) is 42.9 Å². The molecule has 0 unspecified atom stereocenters. The Morgan fingerprint density at radius 2 is 1.97 bits per heavy atom. The van der Waals surface area contributed by atoms with Crippen LogP contribution < -0.4 is 4.74 Å². The Labute approximate surface area is 203 Å². The average Bonchev–Trinajstić information content (AvgIpc) is 3.42. The zero-order valence-electron chi connectivity index (χ0n) is 18.5. The first kappa shape index (κ1) is 21.9. The van der Waals surface area contributed by atoms with Gasteiger partial charge in [0.05, 0.1) is 47.4 Å². The molecule has 3 heterocycles. The molecule has 0 radical (unpaired) electrons. The first-order chi connectivity index (χ1) is 16.8. The Kier molecular flexibility index (Phi) is 4.99. The number of nitrogens with zero attached hydrogens (tertiary/aromatic N) is 5. The monoisotopic (exact) mass is 494 g/mol. The van der Waals surface area contributed by atoms with Crippen LogP contribution in [-0.2, 0) is 6.54 Å². The van der Waals surface area contributed by atoms with Gasteiger partial charge in [-0.3, -0.25) is 9.67 Å². The number of rotatable bonds is 5. The van der Waals surface area contributed by atoms with Gasteiger partial charge in [-0.25, -0.2) is 14.4 Å². The van der Waals surface area contributed by atoms with Gasteiger partial charge in [-0.1, -0.05) is 11.6 Å². The van der Waals surface area contributed by atoms with Crippen LogP contribution in [-0.4, -0.2) is 51.6 Å². The minimum Gasteiger partial charge on any atom is -0.453 e. The van der Waals surface area contributed by atoms with Crippen LogP contribution in [0.4, 0.5) is 4.39 Å². The van der Waals surface area contributed by atoms with Gasteiger partial charge in [-0.2, -0.15) is 5.10 Å². The molecule has 3 N–H and O–H groups in total. The molecule has 9 nitrogen and oxygen atoms in total. The molecule has 178 valence electrons. The van der Waals surface area contributed by atoms with Gasteiger partial charge in [0.25, 0.3) is 0 Å². The van der Waals surface area contributed by atoms with Crippen LogP contribution in [0.5, 0.6) is 11.5 Å². The summed E-state index contributed by atoms with van der Waals surface area (Å²) in [4.78, 5) is 16.2. The summed E-state index contributed by atoms with van der Waals surface area (Å²) in [6.45, 7) is 2.02. The quantitative estimate of drug-likeness (QED) is 0.335. The number of ether oxygens (including phenoxy) is 1. The number of benzene rings is 2. The summed E-state index contributed by atoms with van der Waals surface area (Å²) in [5, 5.41) is 24.4. The van der Waals surface area contributed by atoms with E-state index in [0.29, 0.717) is 46.5 Å². The Morgan fingerprint density at radius 1 is 1.17 bits per heavy atom. The number of aliphatic hydroxyl groups is 2. The van der Waals surface area contributed by atoms with Crippen molar-refractivity contribution in [2.75, 3.05) is 0 Å². The minimum atomic E-state index is -0.958. The number of aromatic amines is 1. The second-order valence-electron chi connectivity index (χ2n) is 8.91. The third-order valence-corrected chi connectivity index (χ3v) is 6.50. The van der Waals surface area contributed by atoms with E-state index in [2.05, 4.69) is 25.0 Å². The van der Waals surface area contributed by atoms with Gasteiger partial charge in [-0.15, -0.1) is 0 Å². The maximum atomic E-state index is 15.0. The van der Waals surface area contributed by atoms with Gasteiger partial charge in [0.15, 0.2) is 11.6 Å². The van der Waals surface area contributed by atoms with Crippen LogP contribution >= 0.6 is 11.6 Å². The van der Waals surface area contributed by atoms with Gasteiger partial charge in [0.2, 0.25) is 0 Å². The van der Waals surface area contributed by atoms with Crippen LogP contribution in [0, 0.1) is 12.7 Å². The normalized spacial score (nSPS) is 19.9. The number of aromatic nitrogens is 6. The van der Waals surface area contributed by atoms with Gasteiger partial charge in [0.1, 0.15) is 27.6 Å². The molecule has 1 fully saturated rings. The number of hydrogen-bond acceptors (Lipinski definition) is 7. The van der Waals surface area contributed by atoms with E-state index in [1.54, 1.807) is 48.4 Å². The highest BCUT2D eigenvalue weighted by atomic mass is 35.5. The zero-order chi connectivity index (χ0) is 24.3. The largest absolute Gasteiger partial charge is 0.453 e. The average molecular weight is 495 g/mol. The molecule has 6 rings (SSSR count). The van der Waals surface area contributed by atoms with E-state index < -0.39 is 17.5 Å². The van der Waals surface area contributed by atoms with Crippen molar-refractivity contribution < 1.29 is 19.3 Å². The first-order valence-corrected chi connectivity index (χ1v) is 11.4. The third kappa shape index (κ3) is 3.89. The molecule has 5 aromatic rings. The topological polar surface area (TPSA) is 122 Å². The number of hydrogen-bond donors (Lipinski definition) is 3. The molecule has 1 aliphatic rings. The van der Waals surface area contributed by atoms with E-state index in [-0.39, 0.29) is 28.6 Å². The fraction of sp³-hybridized carbons (Fsp3) is 0.250. The van der Waals surface area contributed by atoms with Gasteiger partial charge in [0, 0.05) is 24.6 Å². The third-order valence-electron chi connectivity index (χ3n) is 6.13. The fourth-order valence-corrected chi connectivity index (χ4v) is 4.66. The van der Waals surface area contributed by atoms with Gasteiger partial charge < -0.3 is 19.9 Å². The van der Waals surface area contributed by atoms with Crippen molar-refractivity contribution in [2.24, 2.45) is 0 Å². The summed E-state index contributed by atoms with van der Waals surface area (Å²) in [6, 6.07) is 6.52. The summed E-state index contributed by atoms with van der Waals surface area (Å²) in [5.41, 5.74) is 1.98. The highest BCUT2D eigenvalue weighted by molar-refractivity contribution is 6.36. The predicted molar refractivity (Wildman–Crippen MR) is 127 cm³/mol. The lowest BCUT2D eigenvalue weighted by molar-refractivity contribution is -0.123. The molecule has 3 aromatic heterocycles. The predicted octanol–water partition coefficient (Wildman–Crippen LogP) is 4.15. The fourth-order valence-electron chi connectivity index (χ4n) is 4.42.